The molecule has 4 nitrogen and oxygen atoms in total. The van der Waals surface area contributed by atoms with E-state index in [1.165, 1.54) is 12.8 Å². The zero-order valence-corrected chi connectivity index (χ0v) is 9.86. The van der Waals surface area contributed by atoms with Crippen molar-refractivity contribution in [3.63, 3.8) is 0 Å². The molecule has 0 bridgehead atoms. The molecule has 2 aliphatic rings. The van der Waals surface area contributed by atoms with Gasteiger partial charge < -0.3 is 14.3 Å². The molecule has 0 amide bonds. The number of methoxy groups -OCH3 is 2. The minimum absolute atomic E-state index is 0.379. The average Bonchev–Trinajstić information content (AvgIpc) is 3.12. The van der Waals surface area contributed by atoms with Gasteiger partial charge in [-0.2, -0.15) is 5.06 Å². The molecular formula is C11H21NO3. The molecule has 1 unspecified atom stereocenters. The summed E-state index contributed by atoms with van der Waals surface area (Å²) >= 11 is 0. The van der Waals surface area contributed by atoms with Crippen molar-refractivity contribution in [2.24, 2.45) is 11.8 Å². The summed E-state index contributed by atoms with van der Waals surface area (Å²) in [7, 11) is 5.24. The van der Waals surface area contributed by atoms with Crippen LogP contribution in [0.2, 0.25) is 0 Å². The van der Waals surface area contributed by atoms with Crippen LogP contribution in [0.1, 0.15) is 19.3 Å². The van der Waals surface area contributed by atoms with Gasteiger partial charge in [0.05, 0.1) is 7.11 Å². The molecule has 4 heteroatoms. The molecule has 15 heavy (non-hydrogen) atoms. The SMILES string of the molecule is CON1CCC(OC)(OC)C(C2CC2)C1. The van der Waals surface area contributed by atoms with Crippen LogP contribution in [0, 0.1) is 11.8 Å². The normalized spacial score (nSPS) is 31.8. The Morgan fingerprint density at radius 1 is 1.13 bits per heavy atom. The third-order valence-corrected chi connectivity index (χ3v) is 3.82. The topological polar surface area (TPSA) is 30.9 Å². The van der Waals surface area contributed by atoms with E-state index in [-0.39, 0.29) is 5.79 Å². The third kappa shape index (κ3) is 2.04. The van der Waals surface area contributed by atoms with Crippen LogP contribution in [-0.4, -0.2) is 45.3 Å². The summed E-state index contributed by atoms with van der Waals surface area (Å²) < 4.78 is 11.3. The highest BCUT2D eigenvalue weighted by atomic mass is 16.7. The first kappa shape index (κ1) is 11.3. The average molecular weight is 215 g/mol. The highest BCUT2D eigenvalue weighted by molar-refractivity contribution is 4.95. The van der Waals surface area contributed by atoms with Gasteiger partial charge in [-0.05, 0) is 18.8 Å². The molecule has 0 N–H and O–H groups in total. The Bertz CT molecular complexity index is 214. The van der Waals surface area contributed by atoms with Gasteiger partial charge in [0.1, 0.15) is 0 Å². The lowest BCUT2D eigenvalue weighted by Gasteiger charge is -2.45. The standard InChI is InChI=1S/C11H21NO3/c1-13-11(14-2)6-7-12(15-3)8-10(11)9-4-5-9/h9-10H,4-8H2,1-3H3. The number of rotatable bonds is 4. The molecule has 0 spiro atoms. The van der Waals surface area contributed by atoms with Gasteiger partial charge in [-0.15, -0.1) is 0 Å². The number of hydroxylamine groups is 2. The second-order valence-corrected chi connectivity index (χ2v) is 4.48. The van der Waals surface area contributed by atoms with Gasteiger partial charge in [0, 0.05) is 39.6 Å². The molecule has 0 radical (unpaired) electrons. The minimum atomic E-state index is -0.379. The van der Waals surface area contributed by atoms with Crippen LogP contribution in [0.4, 0.5) is 0 Å². The monoisotopic (exact) mass is 215 g/mol. The molecule has 0 aromatic rings. The first-order valence-corrected chi connectivity index (χ1v) is 5.65. The molecular weight excluding hydrogens is 194 g/mol. The Morgan fingerprint density at radius 2 is 1.80 bits per heavy atom. The van der Waals surface area contributed by atoms with Gasteiger partial charge >= 0.3 is 0 Å². The maximum atomic E-state index is 5.63. The first-order chi connectivity index (χ1) is 7.25. The van der Waals surface area contributed by atoms with Crippen LogP contribution in [0.25, 0.3) is 0 Å². The lowest BCUT2D eigenvalue weighted by atomic mass is 9.87. The number of piperidine rings is 1. The van der Waals surface area contributed by atoms with Crippen molar-refractivity contribution in [1.29, 1.82) is 0 Å². The van der Waals surface area contributed by atoms with Crippen molar-refractivity contribution in [3.05, 3.63) is 0 Å². The van der Waals surface area contributed by atoms with Crippen molar-refractivity contribution >= 4 is 0 Å². The van der Waals surface area contributed by atoms with Crippen LogP contribution < -0.4 is 0 Å². The Hall–Kier alpha value is -0.160. The minimum Gasteiger partial charge on any atom is -0.353 e. The van der Waals surface area contributed by atoms with Crippen molar-refractivity contribution in [2.75, 3.05) is 34.4 Å². The van der Waals surface area contributed by atoms with E-state index >= 15 is 0 Å². The highest BCUT2D eigenvalue weighted by Gasteiger charge is 2.50. The molecule has 1 heterocycles. The van der Waals surface area contributed by atoms with Crippen LogP contribution >= 0.6 is 0 Å². The summed E-state index contributed by atoms with van der Waals surface area (Å²) in [4.78, 5) is 5.30. The van der Waals surface area contributed by atoms with Gasteiger partial charge in [-0.3, -0.25) is 0 Å². The Balaban J connectivity index is 2.09. The fourth-order valence-corrected chi connectivity index (χ4v) is 2.68. The van der Waals surface area contributed by atoms with E-state index in [0.717, 1.165) is 25.4 Å². The largest absolute Gasteiger partial charge is 0.353 e. The summed E-state index contributed by atoms with van der Waals surface area (Å²) in [6.07, 6.45) is 3.49. The van der Waals surface area contributed by atoms with Crippen molar-refractivity contribution in [2.45, 2.75) is 25.0 Å². The second kappa shape index (κ2) is 4.37. The maximum Gasteiger partial charge on any atom is 0.173 e. The fourth-order valence-electron chi connectivity index (χ4n) is 2.68. The number of ether oxygens (including phenoxy) is 2. The van der Waals surface area contributed by atoms with Crippen molar-refractivity contribution < 1.29 is 14.3 Å². The fraction of sp³-hybridized carbons (Fsp3) is 1.00. The first-order valence-electron chi connectivity index (χ1n) is 5.65. The molecule has 0 aromatic carbocycles. The molecule has 0 aromatic heterocycles. The second-order valence-electron chi connectivity index (χ2n) is 4.48. The van der Waals surface area contributed by atoms with E-state index in [2.05, 4.69) is 0 Å². The van der Waals surface area contributed by atoms with E-state index in [1.54, 1.807) is 21.3 Å². The Kier molecular flexibility index (Phi) is 3.30. The highest BCUT2D eigenvalue weighted by Crippen LogP contribution is 2.47. The summed E-state index contributed by atoms with van der Waals surface area (Å²) in [6.45, 7) is 1.80. The van der Waals surface area contributed by atoms with E-state index in [0.29, 0.717) is 5.92 Å². The lowest BCUT2D eigenvalue weighted by molar-refractivity contribution is -0.295. The van der Waals surface area contributed by atoms with Crippen LogP contribution in [0.5, 0.6) is 0 Å². The summed E-state index contributed by atoms with van der Waals surface area (Å²) in [5.74, 6) is 0.819. The molecule has 2 rings (SSSR count). The zero-order valence-electron chi connectivity index (χ0n) is 9.86. The van der Waals surface area contributed by atoms with E-state index in [4.69, 9.17) is 14.3 Å². The molecule has 2 fully saturated rings. The van der Waals surface area contributed by atoms with Crippen LogP contribution in [0.15, 0.2) is 0 Å². The van der Waals surface area contributed by atoms with Gasteiger partial charge in [0.25, 0.3) is 0 Å². The number of hydrogen-bond acceptors (Lipinski definition) is 4. The Morgan fingerprint density at radius 3 is 2.27 bits per heavy atom. The zero-order chi connectivity index (χ0) is 10.9. The van der Waals surface area contributed by atoms with Gasteiger partial charge in [-0.25, -0.2) is 0 Å². The number of nitrogens with zero attached hydrogens (tertiary/aromatic N) is 1. The molecule has 1 saturated heterocycles. The predicted molar refractivity (Wildman–Crippen MR) is 56.2 cm³/mol. The summed E-state index contributed by atoms with van der Waals surface area (Å²) in [5.41, 5.74) is 0. The molecule has 1 atom stereocenters. The van der Waals surface area contributed by atoms with Crippen LogP contribution in [-0.2, 0) is 14.3 Å². The lowest BCUT2D eigenvalue weighted by Crippen LogP contribution is -2.54. The molecule has 88 valence electrons. The smallest absolute Gasteiger partial charge is 0.173 e. The van der Waals surface area contributed by atoms with Gasteiger partial charge in [-0.1, -0.05) is 0 Å². The summed E-state index contributed by atoms with van der Waals surface area (Å²) in [5, 5.41) is 2.01. The van der Waals surface area contributed by atoms with E-state index < -0.39 is 0 Å². The van der Waals surface area contributed by atoms with E-state index in [1.807, 2.05) is 5.06 Å². The molecule has 1 saturated carbocycles. The van der Waals surface area contributed by atoms with Gasteiger partial charge in [0.15, 0.2) is 5.79 Å². The van der Waals surface area contributed by atoms with E-state index in [9.17, 15) is 0 Å². The van der Waals surface area contributed by atoms with Gasteiger partial charge in [0.2, 0.25) is 0 Å². The third-order valence-electron chi connectivity index (χ3n) is 3.82. The maximum absolute atomic E-state index is 5.63. The van der Waals surface area contributed by atoms with Crippen molar-refractivity contribution in [1.82, 2.24) is 5.06 Å². The van der Waals surface area contributed by atoms with Crippen molar-refractivity contribution in [3.8, 4) is 0 Å². The summed E-state index contributed by atoms with van der Waals surface area (Å²) in [6, 6.07) is 0. The molecule has 1 aliphatic carbocycles. The molecule has 1 aliphatic heterocycles. The van der Waals surface area contributed by atoms with Crippen LogP contribution in [0.3, 0.4) is 0 Å². The quantitative estimate of drug-likeness (QED) is 0.661. The predicted octanol–water partition coefficient (Wildman–Crippen LogP) is 1.27. The Labute approximate surface area is 91.4 Å². The number of hydrogen-bond donors (Lipinski definition) is 0.